The first kappa shape index (κ1) is 18.8. The van der Waals surface area contributed by atoms with E-state index in [2.05, 4.69) is 20.5 Å². The van der Waals surface area contributed by atoms with Crippen molar-refractivity contribution in [1.29, 1.82) is 0 Å². The second-order valence-corrected chi connectivity index (χ2v) is 6.86. The summed E-state index contributed by atoms with van der Waals surface area (Å²) in [5, 5.41) is 12.1. The molecule has 0 saturated carbocycles. The Kier molecular flexibility index (Phi) is 6.98. The Labute approximate surface area is 156 Å². The summed E-state index contributed by atoms with van der Waals surface area (Å²) >= 11 is 1.37. The zero-order valence-electron chi connectivity index (χ0n) is 14.8. The highest BCUT2D eigenvalue weighted by molar-refractivity contribution is 7.99. The number of carbonyl (C=O) groups is 1. The summed E-state index contributed by atoms with van der Waals surface area (Å²) in [4.78, 5) is 16.1. The first-order chi connectivity index (χ1) is 12.8. The van der Waals surface area contributed by atoms with E-state index < -0.39 is 0 Å². The molecule has 0 spiro atoms. The van der Waals surface area contributed by atoms with Crippen LogP contribution in [0.15, 0.2) is 29.7 Å². The Hall–Kier alpha value is -1.97. The van der Waals surface area contributed by atoms with E-state index in [1.807, 2.05) is 16.7 Å². The van der Waals surface area contributed by atoms with Crippen molar-refractivity contribution in [3.05, 3.63) is 24.5 Å². The maximum Gasteiger partial charge on any atom is 0.230 e. The van der Waals surface area contributed by atoms with Crippen LogP contribution in [0, 0.1) is 0 Å². The van der Waals surface area contributed by atoms with E-state index in [-0.39, 0.29) is 17.8 Å². The summed E-state index contributed by atoms with van der Waals surface area (Å²) in [6.45, 7) is 2.50. The summed E-state index contributed by atoms with van der Waals surface area (Å²) in [6, 6.07) is 3.77. The minimum Gasteiger partial charge on any atom is -0.383 e. The van der Waals surface area contributed by atoms with Gasteiger partial charge in [0.1, 0.15) is 0 Å². The molecule has 0 aliphatic carbocycles. The van der Waals surface area contributed by atoms with Crippen molar-refractivity contribution in [2.45, 2.75) is 30.6 Å². The maximum atomic E-state index is 12.1. The molecular formula is C17H23N5O3S. The number of hydrogen-bond donors (Lipinski definition) is 1. The number of amides is 1. The average Bonchev–Trinajstić information content (AvgIpc) is 3.33. The highest BCUT2D eigenvalue weighted by Gasteiger charge is 2.18. The lowest BCUT2D eigenvalue weighted by Gasteiger charge is -2.11. The van der Waals surface area contributed by atoms with Gasteiger partial charge in [-0.05, 0) is 25.0 Å². The largest absolute Gasteiger partial charge is 0.383 e. The third-order valence-electron chi connectivity index (χ3n) is 4.06. The lowest BCUT2D eigenvalue weighted by atomic mass is 10.2. The smallest absolute Gasteiger partial charge is 0.230 e. The Balaban J connectivity index is 1.61. The van der Waals surface area contributed by atoms with Gasteiger partial charge in [0.25, 0.3) is 0 Å². The third-order valence-corrected chi connectivity index (χ3v) is 5.02. The van der Waals surface area contributed by atoms with E-state index in [0.717, 1.165) is 30.8 Å². The fraction of sp³-hybridized carbons (Fsp3) is 0.529. The molecule has 1 aliphatic heterocycles. The molecule has 140 valence electrons. The quantitative estimate of drug-likeness (QED) is 0.660. The molecule has 0 radical (unpaired) electrons. The SMILES string of the molecule is COCCn1c(SCC(=O)NC[C@@H]2CCCO2)nnc1-c1ccncc1. The summed E-state index contributed by atoms with van der Waals surface area (Å²) in [5.41, 5.74) is 0.929. The van der Waals surface area contributed by atoms with Gasteiger partial charge in [0.15, 0.2) is 11.0 Å². The van der Waals surface area contributed by atoms with Gasteiger partial charge in [0.2, 0.25) is 5.91 Å². The molecule has 1 N–H and O–H groups in total. The lowest BCUT2D eigenvalue weighted by molar-refractivity contribution is -0.119. The number of rotatable bonds is 9. The Morgan fingerprint density at radius 2 is 2.27 bits per heavy atom. The van der Waals surface area contributed by atoms with E-state index in [1.165, 1.54) is 11.8 Å². The molecule has 2 aromatic rings. The van der Waals surface area contributed by atoms with Gasteiger partial charge in [-0.3, -0.25) is 14.3 Å². The maximum absolute atomic E-state index is 12.1. The van der Waals surface area contributed by atoms with Crippen molar-refractivity contribution in [2.24, 2.45) is 0 Å². The van der Waals surface area contributed by atoms with E-state index in [4.69, 9.17) is 9.47 Å². The number of thioether (sulfide) groups is 1. The Morgan fingerprint density at radius 3 is 3.00 bits per heavy atom. The van der Waals surface area contributed by atoms with E-state index in [9.17, 15) is 4.79 Å². The van der Waals surface area contributed by atoms with Gasteiger partial charge < -0.3 is 14.8 Å². The summed E-state index contributed by atoms with van der Waals surface area (Å²) in [5.74, 6) is 0.998. The molecule has 1 fully saturated rings. The van der Waals surface area contributed by atoms with Gasteiger partial charge >= 0.3 is 0 Å². The molecule has 1 atom stereocenters. The number of pyridine rings is 1. The van der Waals surface area contributed by atoms with Crippen LogP contribution in [0.3, 0.4) is 0 Å². The summed E-state index contributed by atoms with van der Waals surface area (Å²) in [7, 11) is 1.65. The van der Waals surface area contributed by atoms with Gasteiger partial charge in [-0.15, -0.1) is 10.2 Å². The number of ether oxygens (including phenoxy) is 2. The second kappa shape index (κ2) is 9.65. The van der Waals surface area contributed by atoms with Crippen LogP contribution >= 0.6 is 11.8 Å². The molecule has 2 aromatic heterocycles. The van der Waals surface area contributed by atoms with Crippen molar-refractivity contribution in [3.63, 3.8) is 0 Å². The van der Waals surface area contributed by atoms with Gasteiger partial charge in [0.05, 0.1) is 25.0 Å². The zero-order chi connectivity index (χ0) is 18.2. The number of aromatic nitrogens is 4. The van der Waals surface area contributed by atoms with Gasteiger partial charge in [-0.1, -0.05) is 11.8 Å². The van der Waals surface area contributed by atoms with Gasteiger partial charge in [0, 0.05) is 38.2 Å². The third kappa shape index (κ3) is 5.03. The normalized spacial score (nSPS) is 16.7. The van der Waals surface area contributed by atoms with Crippen LogP contribution < -0.4 is 5.32 Å². The molecule has 1 aliphatic rings. The molecule has 0 aromatic carbocycles. The van der Waals surface area contributed by atoms with Crippen molar-refractivity contribution in [2.75, 3.05) is 32.6 Å². The molecule has 0 unspecified atom stereocenters. The van der Waals surface area contributed by atoms with Crippen LogP contribution in [0.5, 0.6) is 0 Å². The van der Waals surface area contributed by atoms with Crippen molar-refractivity contribution in [1.82, 2.24) is 25.1 Å². The fourth-order valence-electron chi connectivity index (χ4n) is 2.71. The van der Waals surface area contributed by atoms with E-state index in [0.29, 0.717) is 24.9 Å². The van der Waals surface area contributed by atoms with Crippen LogP contribution in [-0.2, 0) is 20.8 Å². The summed E-state index contributed by atoms with van der Waals surface area (Å²) in [6.07, 6.45) is 5.66. The second-order valence-electron chi connectivity index (χ2n) is 5.91. The van der Waals surface area contributed by atoms with E-state index >= 15 is 0 Å². The number of nitrogens with one attached hydrogen (secondary N) is 1. The average molecular weight is 377 g/mol. The van der Waals surface area contributed by atoms with Crippen LogP contribution in [0.1, 0.15) is 12.8 Å². The first-order valence-electron chi connectivity index (χ1n) is 8.61. The molecule has 1 amide bonds. The zero-order valence-corrected chi connectivity index (χ0v) is 15.6. The van der Waals surface area contributed by atoms with Crippen LogP contribution in [0.4, 0.5) is 0 Å². The van der Waals surface area contributed by atoms with Crippen molar-refractivity contribution in [3.8, 4) is 11.4 Å². The van der Waals surface area contributed by atoms with Crippen molar-refractivity contribution >= 4 is 17.7 Å². The Bertz CT molecular complexity index is 704. The molecule has 1 saturated heterocycles. The monoisotopic (exact) mass is 377 g/mol. The highest BCUT2D eigenvalue weighted by Crippen LogP contribution is 2.23. The van der Waals surface area contributed by atoms with Crippen LogP contribution in [0.2, 0.25) is 0 Å². The number of carbonyl (C=O) groups excluding carboxylic acids is 1. The minimum absolute atomic E-state index is 0.0303. The van der Waals surface area contributed by atoms with Gasteiger partial charge in [-0.2, -0.15) is 0 Å². The topological polar surface area (TPSA) is 91.2 Å². The molecule has 26 heavy (non-hydrogen) atoms. The molecule has 9 heteroatoms. The number of nitrogens with zero attached hydrogens (tertiary/aromatic N) is 4. The molecule has 3 heterocycles. The molecule has 8 nitrogen and oxygen atoms in total. The number of hydrogen-bond acceptors (Lipinski definition) is 7. The Morgan fingerprint density at radius 1 is 1.42 bits per heavy atom. The van der Waals surface area contributed by atoms with E-state index in [1.54, 1.807) is 19.5 Å². The minimum atomic E-state index is -0.0303. The van der Waals surface area contributed by atoms with Crippen LogP contribution in [0.25, 0.3) is 11.4 Å². The predicted octanol–water partition coefficient (Wildman–Crippen LogP) is 1.37. The number of methoxy groups -OCH3 is 1. The standard InChI is InChI=1S/C17H23N5O3S/c1-24-10-8-22-16(13-4-6-18-7-5-13)20-21-17(22)26-12-15(23)19-11-14-3-2-9-25-14/h4-7,14H,2-3,8-12H2,1H3,(H,19,23)/t14-/m0/s1. The molecule has 3 rings (SSSR count). The predicted molar refractivity (Wildman–Crippen MR) is 97.8 cm³/mol. The summed E-state index contributed by atoms with van der Waals surface area (Å²) < 4.78 is 12.7. The van der Waals surface area contributed by atoms with Gasteiger partial charge in [-0.25, -0.2) is 0 Å². The highest BCUT2D eigenvalue weighted by atomic mass is 32.2. The molecular weight excluding hydrogens is 354 g/mol. The first-order valence-corrected chi connectivity index (χ1v) is 9.60. The van der Waals surface area contributed by atoms with Crippen LogP contribution in [-0.4, -0.2) is 64.4 Å². The fourth-order valence-corrected chi connectivity index (χ4v) is 3.50. The van der Waals surface area contributed by atoms with Crippen molar-refractivity contribution < 1.29 is 14.3 Å². The lowest BCUT2D eigenvalue weighted by Crippen LogP contribution is -2.33. The molecule has 0 bridgehead atoms.